The second-order valence-corrected chi connectivity index (χ2v) is 13.7. The first-order valence-corrected chi connectivity index (χ1v) is 16.7. The van der Waals surface area contributed by atoms with Gasteiger partial charge in [0, 0.05) is 0 Å². The van der Waals surface area contributed by atoms with Crippen molar-refractivity contribution in [3.05, 3.63) is 59.5 Å². The molecule has 1 unspecified atom stereocenters. The van der Waals surface area contributed by atoms with E-state index in [9.17, 15) is 33.8 Å². The van der Waals surface area contributed by atoms with Crippen molar-refractivity contribution in [3.63, 3.8) is 0 Å². The van der Waals surface area contributed by atoms with Crippen LogP contribution in [0.25, 0.3) is 33.4 Å². The van der Waals surface area contributed by atoms with Crippen LogP contribution in [0.1, 0.15) is 17.3 Å². The van der Waals surface area contributed by atoms with Crippen LogP contribution in [0, 0.1) is 0 Å². The molecule has 2 aromatic rings. The summed E-state index contributed by atoms with van der Waals surface area (Å²) in [6.45, 7) is 1.44. The molecule has 36 heavy (non-hydrogen) atoms. The molecule has 188 valence electrons. The number of aldehydes is 1. The molecule has 2 aliphatic rings. The molecule has 0 spiro atoms. The third-order valence-corrected chi connectivity index (χ3v) is 9.41. The first kappa shape index (κ1) is 27.2. The van der Waals surface area contributed by atoms with E-state index in [0.717, 1.165) is 6.29 Å². The van der Waals surface area contributed by atoms with Crippen molar-refractivity contribution in [1.29, 1.82) is 0 Å². The number of carbonyl (C=O) groups is 2. The predicted octanol–water partition coefficient (Wildman–Crippen LogP) is -3.16. The summed E-state index contributed by atoms with van der Waals surface area (Å²) in [4.78, 5) is 20.7. The fourth-order valence-corrected chi connectivity index (χ4v) is 7.28. The minimum atomic E-state index is -6.01. The zero-order valence-electron chi connectivity index (χ0n) is 18.5. The third-order valence-electron chi connectivity index (χ3n) is 5.07. The molecular formula is C22H20As2N2O10. The van der Waals surface area contributed by atoms with Crippen LogP contribution in [-0.4, -0.2) is 58.0 Å². The van der Waals surface area contributed by atoms with Crippen LogP contribution in [0.3, 0.4) is 0 Å². The van der Waals surface area contributed by atoms with E-state index in [-0.39, 0.29) is 38.7 Å². The molecule has 0 fully saturated rings. The van der Waals surface area contributed by atoms with E-state index in [1.54, 1.807) is 6.07 Å². The Labute approximate surface area is 208 Å². The van der Waals surface area contributed by atoms with Gasteiger partial charge >= 0.3 is 191 Å². The molecule has 1 aliphatic heterocycles. The maximum absolute atomic E-state index is 12.3. The molecule has 1 atom stereocenters. The van der Waals surface area contributed by atoms with E-state index in [4.69, 9.17) is 20.4 Å². The molecule has 1 aliphatic carbocycles. The predicted molar refractivity (Wildman–Crippen MR) is 125 cm³/mol. The molecular weight excluding hydrogens is 602 g/mol. The van der Waals surface area contributed by atoms with Crippen LogP contribution in [0.4, 0.5) is 5.69 Å². The van der Waals surface area contributed by atoms with E-state index >= 15 is 0 Å². The first-order valence-electron chi connectivity index (χ1n) is 9.97. The summed E-state index contributed by atoms with van der Waals surface area (Å²) in [5.74, 6) is -1.77. The van der Waals surface area contributed by atoms with Gasteiger partial charge in [0.1, 0.15) is 6.29 Å². The van der Waals surface area contributed by atoms with Crippen LogP contribution in [0.15, 0.2) is 52.9 Å². The fourth-order valence-electron chi connectivity index (χ4n) is 3.79. The minimum absolute atomic E-state index is 0.0562. The van der Waals surface area contributed by atoms with Crippen molar-refractivity contribution in [1.82, 2.24) is 0 Å². The number of carboxylic acids is 1. The number of hydrogen-bond donors (Lipinski definition) is 6. The zero-order valence-corrected chi connectivity index (χ0v) is 22.2. The molecule has 0 saturated carbocycles. The van der Waals surface area contributed by atoms with E-state index in [1.807, 2.05) is 0 Å². The number of hydrogen-bond acceptors (Lipinski definition) is 7. The van der Waals surface area contributed by atoms with Gasteiger partial charge in [0.05, 0.1) is 0 Å². The van der Waals surface area contributed by atoms with Crippen molar-refractivity contribution < 1.29 is 48.4 Å². The molecule has 14 heteroatoms. The average Bonchev–Trinajstić information content (AvgIpc) is 2.76. The van der Waals surface area contributed by atoms with Gasteiger partial charge in [-0.3, -0.25) is 0 Å². The van der Waals surface area contributed by atoms with Gasteiger partial charge in [-0.15, -0.1) is 0 Å². The molecule has 12 nitrogen and oxygen atoms in total. The molecule has 0 saturated heterocycles. The number of aromatic carboxylic acids is 1. The van der Waals surface area contributed by atoms with Gasteiger partial charge in [-0.1, -0.05) is 0 Å². The summed E-state index contributed by atoms with van der Waals surface area (Å²) >= 11 is -11.8. The van der Waals surface area contributed by atoms with Crippen molar-refractivity contribution in [2.24, 2.45) is 0 Å². The summed E-state index contributed by atoms with van der Waals surface area (Å²) in [5.41, 5.74) is 5.19. The monoisotopic (exact) mass is 622 g/mol. The van der Waals surface area contributed by atoms with Crippen molar-refractivity contribution in [2.75, 3.05) is 5.73 Å². The van der Waals surface area contributed by atoms with Gasteiger partial charge in [0.2, 0.25) is 0 Å². The zero-order chi connectivity index (χ0) is 27.0. The fraction of sp³-hybridized carbons (Fsp3) is 0.0455. The van der Waals surface area contributed by atoms with Crippen LogP contribution in [-0.2, 0) is 12.3 Å². The van der Waals surface area contributed by atoms with Gasteiger partial charge in [0.15, 0.2) is 0 Å². The summed E-state index contributed by atoms with van der Waals surface area (Å²) < 4.78 is 70.9. The van der Waals surface area contributed by atoms with Gasteiger partial charge in [-0.2, -0.15) is 0 Å². The van der Waals surface area contributed by atoms with Gasteiger partial charge in [-0.25, -0.2) is 0 Å². The molecule has 0 aromatic heterocycles. The Morgan fingerprint density at radius 2 is 1.64 bits per heavy atom. The van der Waals surface area contributed by atoms with Gasteiger partial charge < -0.3 is 4.79 Å². The third kappa shape index (κ3) is 4.96. The number of nitrogens with two attached hydrogens (primary N) is 2. The van der Waals surface area contributed by atoms with Crippen molar-refractivity contribution in [2.45, 2.75) is 6.92 Å². The summed E-state index contributed by atoms with van der Waals surface area (Å²) in [6.07, 6.45) is 0.750. The quantitative estimate of drug-likeness (QED) is 0.0575. The van der Waals surface area contributed by atoms with E-state index in [2.05, 4.69) is 0 Å². The molecule has 4 rings (SSSR count). The molecule has 0 amide bonds. The van der Waals surface area contributed by atoms with E-state index in [1.165, 1.54) is 49.4 Å². The Hall–Kier alpha value is -3.37. The first-order chi connectivity index (χ1) is 16.7. The number of fused-ring (bicyclic) bond motifs is 2. The SMILES string of the molecule is CC=O.Nc1ccc2c(-c3ccccc3C(=O)O)c3ccc(=[NH2+])c([As](=O)([O-])O)c-3oc2c1[As](=O)(O)O. The number of rotatable bonds is 4. The summed E-state index contributed by atoms with van der Waals surface area (Å²) in [5, 5.41) is 15.2. The van der Waals surface area contributed by atoms with Crippen LogP contribution in [0.5, 0.6) is 0 Å². The van der Waals surface area contributed by atoms with Gasteiger partial charge in [-0.05, 0) is 6.92 Å². The molecule has 0 radical (unpaired) electrons. The Morgan fingerprint density at radius 3 is 2.19 bits per heavy atom. The van der Waals surface area contributed by atoms with E-state index < -0.39 is 54.4 Å². The summed E-state index contributed by atoms with van der Waals surface area (Å²) in [6, 6.07) is 11.0. The Balaban J connectivity index is 0.00000115. The van der Waals surface area contributed by atoms with Crippen molar-refractivity contribution >= 4 is 66.0 Å². The Morgan fingerprint density at radius 1 is 1.03 bits per heavy atom. The maximum atomic E-state index is 12.3. The number of carboxylic acid groups (broad SMARTS) is 1. The molecule has 2 aromatic carbocycles. The molecule has 8 N–H and O–H groups in total. The second-order valence-electron chi connectivity index (χ2n) is 7.39. The van der Waals surface area contributed by atoms with Crippen LogP contribution >= 0.6 is 0 Å². The summed E-state index contributed by atoms with van der Waals surface area (Å²) in [7, 11) is 0. The number of carbonyl (C=O) groups excluding carboxylic acids is 1. The second kappa shape index (κ2) is 9.94. The van der Waals surface area contributed by atoms with Crippen LogP contribution < -0.4 is 29.3 Å². The molecule has 0 bridgehead atoms. The topological polar surface area (TPSA) is 237 Å². The molecule has 1 heterocycles. The van der Waals surface area contributed by atoms with E-state index in [0.29, 0.717) is 0 Å². The normalized spacial score (nSPS) is 13.0. The Kier molecular flexibility index (Phi) is 7.52. The average molecular weight is 622 g/mol. The van der Waals surface area contributed by atoms with Gasteiger partial charge in [0.25, 0.3) is 0 Å². The van der Waals surface area contributed by atoms with Crippen molar-refractivity contribution in [3.8, 4) is 22.5 Å². The standard InChI is InChI=1S/C20H16As2N2O9.C2H4O/c23-13-7-5-11-15(9-3-1-2-4-10(9)20(25)26)12-6-8-14(24)17(22(30,31)32)19(12)33-18(11)16(13)21(27,28)29;1-2-3/h1-8,23H,24H2,(H,25,26)(H2,27,28,29)(H2,30,31,32);2H,1H3. The number of anilines is 1. The Bertz CT molecular complexity index is 1630. The van der Waals surface area contributed by atoms with Crippen LogP contribution in [0.2, 0.25) is 0 Å². The number of benzene rings is 3. The number of nitrogen functional groups attached to an aromatic ring is 1.